The van der Waals surface area contributed by atoms with Crippen molar-refractivity contribution in [1.82, 2.24) is 9.97 Å². The van der Waals surface area contributed by atoms with Crippen LogP contribution < -0.4 is 4.90 Å². The Labute approximate surface area is 129 Å². The molecule has 19 heavy (non-hydrogen) atoms. The Hall–Kier alpha value is -0.670. The maximum absolute atomic E-state index is 11.4. The lowest BCUT2D eigenvalue weighted by atomic mass is 10.00. The first-order chi connectivity index (χ1) is 9.08. The molecule has 0 aromatic carbocycles. The second-order valence-corrected chi connectivity index (χ2v) is 5.64. The second-order valence-electron chi connectivity index (χ2n) is 4.26. The first-order valence-corrected chi connectivity index (χ1v) is 7.30. The summed E-state index contributed by atoms with van der Waals surface area (Å²) in [6.45, 7) is 1.75. The highest BCUT2D eigenvalue weighted by Gasteiger charge is 2.23. The molecule has 0 radical (unpaired) electrons. The smallest absolute Gasteiger partial charge is 0.413 e. The van der Waals surface area contributed by atoms with Crippen molar-refractivity contribution in [3.8, 4) is 0 Å². The summed E-state index contributed by atoms with van der Waals surface area (Å²) in [4.78, 5) is 20.7. The van der Waals surface area contributed by atoms with Gasteiger partial charge in [-0.15, -0.1) is 0 Å². The second kappa shape index (κ2) is 6.67. The average Bonchev–Trinajstić information content (AvgIpc) is 2.40. The highest BCUT2D eigenvalue weighted by Crippen LogP contribution is 2.22. The highest BCUT2D eigenvalue weighted by molar-refractivity contribution is 14.1. The molecule has 0 bridgehead atoms. The molecule has 1 aliphatic heterocycles. The Kier molecular flexibility index (Phi) is 5.17. The number of ether oxygens (including phenoxy) is 1. The number of hydrogen-bond acceptors (Lipinski definition) is 4. The van der Waals surface area contributed by atoms with Crippen LogP contribution in [0.3, 0.4) is 0 Å². The maximum atomic E-state index is 11.4. The van der Waals surface area contributed by atoms with Crippen molar-refractivity contribution < 1.29 is 14.6 Å². The molecule has 1 aromatic rings. The molecule has 6 nitrogen and oxygen atoms in total. The Morgan fingerprint density at radius 3 is 2.84 bits per heavy atom. The summed E-state index contributed by atoms with van der Waals surface area (Å²) in [5.41, 5.74) is 0. The van der Waals surface area contributed by atoms with E-state index in [-0.39, 0.29) is 16.9 Å². The molecule has 1 N–H and O–H groups in total. The summed E-state index contributed by atoms with van der Waals surface area (Å²) in [6, 6.07) is 0. The van der Waals surface area contributed by atoms with Crippen LogP contribution in [0.25, 0.3) is 0 Å². The van der Waals surface area contributed by atoms with Gasteiger partial charge in [-0.25, -0.2) is 14.8 Å². The topological polar surface area (TPSA) is 75.5 Å². The molecule has 1 aliphatic rings. The van der Waals surface area contributed by atoms with Crippen LogP contribution in [0.2, 0.25) is 5.15 Å². The van der Waals surface area contributed by atoms with Crippen LogP contribution >= 0.6 is 34.2 Å². The summed E-state index contributed by atoms with van der Waals surface area (Å²) < 4.78 is 5.82. The molecule has 0 spiro atoms. The molecule has 1 fully saturated rings. The van der Waals surface area contributed by atoms with Crippen LogP contribution in [0.1, 0.15) is 12.8 Å². The predicted octanol–water partition coefficient (Wildman–Crippen LogP) is 2.65. The van der Waals surface area contributed by atoms with E-state index in [4.69, 9.17) is 16.3 Å². The zero-order chi connectivity index (χ0) is 13.8. The maximum Gasteiger partial charge on any atom is 0.413 e. The van der Waals surface area contributed by atoms with Crippen molar-refractivity contribution in [2.45, 2.75) is 12.8 Å². The van der Waals surface area contributed by atoms with E-state index in [1.165, 1.54) is 11.1 Å². The van der Waals surface area contributed by atoms with E-state index in [1.54, 1.807) is 0 Å². The molecule has 0 atom stereocenters. The largest absolute Gasteiger partial charge is 0.465 e. The van der Waals surface area contributed by atoms with Gasteiger partial charge < -0.3 is 9.84 Å². The molecule has 1 amide bonds. The van der Waals surface area contributed by atoms with E-state index in [2.05, 4.69) is 9.97 Å². The molecule has 1 aromatic heterocycles. The highest BCUT2D eigenvalue weighted by atomic mass is 127. The van der Waals surface area contributed by atoms with Crippen LogP contribution in [-0.4, -0.2) is 40.9 Å². The number of carbonyl (C=O) groups is 1. The molecule has 0 aliphatic carbocycles. The zero-order valence-corrected chi connectivity index (χ0v) is 13.0. The number of rotatable bonds is 3. The summed E-state index contributed by atoms with van der Waals surface area (Å²) in [5.74, 6) is 0.550. The van der Waals surface area contributed by atoms with E-state index in [1.807, 2.05) is 22.6 Å². The number of hydrogen-bond donors (Lipinski definition) is 1. The van der Waals surface area contributed by atoms with Crippen molar-refractivity contribution in [2.24, 2.45) is 5.92 Å². The van der Waals surface area contributed by atoms with Crippen LogP contribution in [0.5, 0.6) is 0 Å². The first kappa shape index (κ1) is 14.7. The average molecular weight is 398 g/mol. The van der Waals surface area contributed by atoms with E-state index in [9.17, 15) is 9.90 Å². The van der Waals surface area contributed by atoms with Gasteiger partial charge in [0, 0.05) is 19.8 Å². The summed E-state index contributed by atoms with van der Waals surface area (Å²) in [7, 11) is 0. The number of halogens is 2. The minimum absolute atomic E-state index is 0.219. The van der Waals surface area contributed by atoms with Gasteiger partial charge in [0.25, 0.3) is 0 Å². The fourth-order valence-corrected chi connectivity index (χ4v) is 2.33. The number of nitrogens with zero attached hydrogens (tertiary/aromatic N) is 3. The van der Waals surface area contributed by atoms with Gasteiger partial charge in [-0.3, -0.25) is 4.90 Å². The first-order valence-electron chi connectivity index (χ1n) is 5.84. The third kappa shape index (κ3) is 3.90. The Balaban J connectivity index is 2.14. The van der Waals surface area contributed by atoms with Crippen LogP contribution in [0.15, 0.2) is 6.20 Å². The minimum Gasteiger partial charge on any atom is -0.465 e. The number of anilines is 1. The van der Waals surface area contributed by atoms with Crippen molar-refractivity contribution in [1.29, 1.82) is 0 Å². The fourth-order valence-electron chi connectivity index (χ4n) is 1.93. The van der Waals surface area contributed by atoms with E-state index in [0.717, 1.165) is 12.8 Å². The number of aromatic nitrogens is 2. The van der Waals surface area contributed by atoms with Gasteiger partial charge >= 0.3 is 6.09 Å². The number of carboxylic acid groups (broad SMARTS) is 1. The summed E-state index contributed by atoms with van der Waals surface area (Å²) in [6.07, 6.45) is 2.10. The molecule has 2 heterocycles. The molecular weight excluding hydrogens is 384 g/mol. The fraction of sp³-hybridized carbons (Fsp3) is 0.545. The predicted molar refractivity (Wildman–Crippen MR) is 78.7 cm³/mol. The Bertz CT molecular complexity index is 468. The lowest BCUT2D eigenvalue weighted by molar-refractivity contribution is 0.0680. The molecule has 2 rings (SSSR count). The summed E-state index contributed by atoms with van der Waals surface area (Å²) >= 11 is 7.83. The molecule has 0 unspecified atom stereocenters. The van der Waals surface area contributed by atoms with Crippen LogP contribution in [0, 0.1) is 9.62 Å². The molecular formula is C11H13ClIN3O3. The van der Waals surface area contributed by atoms with Gasteiger partial charge in [-0.05, 0) is 41.4 Å². The van der Waals surface area contributed by atoms with Gasteiger partial charge in [0.2, 0.25) is 0 Å². The third-order valence-electron chi connectivity index (χ3n) is 2.97. The SMILES string of the molecule is O=C(O)N(CC1CCOCC1)c1cnc(I)c(Cl)n1. The Morgan fingerprint density at radius 2 is 2.26 bits per heavy atom. The molecule has 1 saturated heterocycles. The number of amides is 1. The van der Waals surface area contributed by atoms with Gasteiger partial charge in [-0.1, -0.05) is 11.6 Å². The van der Waals surface area contributed by atoms with Crippen molar-refractivity contribution >= 4 is 46.1 Å². The van der Waals surface area contributed by atoms with Crippen LogP contribution in [0.4, 0.5) is 10.6 Å². The van der Waals surface area contributed by atoms with E-state index in [0.29, 0.717) is 23.5 Å². The van der Waals surface area contributed by atoms with Crippen molar-refractivity contribution in [2.75, 3.05) is 24.7 Å². The molecule has 104 valence electrons. The normalized spacial score (nSPS) is 16.3. The van der Waals surface area contributed by atoms with Crippen LogP contribution in [-0.2, 0) is 4.74 Å². The van der Waals surface area contributed by atoms with E-state index < -0.39 is 6.09 Å². The molecule has 0 saturated carbocycles. The van der Waals surface area contributed by atoms with Gasteiger partial charge in [0.1, 0.15) is 3.70 Å². The van der Waals surface area contributed by atoms with Crippen molar-refractivity contribution in [3.63, 3.8) is 0 Å². The standard InChI is InChI=1S/C11H13ClIN3O3/c12-9-10(13)14-5-8(15-9)16(11(17)18)6-7-1-3-19-4-2-7/h5,7H,1-4,6H2,(H,17,18). The lowest BCUT2D eigenvalue weighted by Gasteiger charge is -2.27. The lowest BCUT2D eigenvalue weighted by Crippen LogP contribution is -2.37. The van der Waals surface area contributed by atoms with E-state index >= 15 is 0 Å². The minimum atomic E-state index is -1.04. The van der Waals surface area contributed by atoms with Gasteiger partial charge in [0.15, 0.2) is 11.0 Å². The van der Waals surface area contributed by atoms with Crippen molar-refractivity contribution in [3.05, 3.63) is 15.1 Å². The Morgan fingerprint density at radius 1 is 1.58 bits per heavy atom. The van der Waals surface area contributed by atoms with Gasteiger partial charge in [0.05, 0.1) is 6.20 Å². The third-order valence-corrected chi connectivity index (χ3v) is 4.34. The van der Waals surface area contributed by atoms with Gasteiger partial charge in [-0.2, -0.15) is 0 Å². The zero-order valence-electron chi connectivity index (χ0n) is 10.1. The monoisotopic (exact) mass is 397 g/mol. The quantitative estimate of drug-likeness (QED) is 0.794. The summed E-state index contributed by atoms with van der Waals surface area (Å²) in [5, 5.41) is 9.52. The molecule has 8 heteroatoms.